The lowest BCUT2D eigenvalue weighted by atomic mass is 9.64. The van der Waals surface area contributed by atoms with Gasteiger partial charge in [-0.15, -0.1) is 0 Å². The van der Waals surface area contributed by atoms with Gasteiger partial charge in [0.2, 0.25) is 5.91 Å². The van der Waals surface area contributed by atoms with E-state index in [4.69, 9.17) is 0 Å². The Morgan fingerprint density at radius 2 is 1.44 bits per heavy atom. The number of fused-ring (bicyclic) bond motifs is 6. The van der Waals surface area contributed by atoms with Crippen molar-refractivity contribution < 1.29 is 14.4 Å². The number of para-hydroxylation sites is 2. The van der Waals surface area contributed by atoms with Crippen LogP contribution in [0.2, 0.25) is 0 Å². The van der Waals surface area contributed by atoms with Crippen LogP contribution in [0, 0.1) is 5.92 Å². The molecule has 0 unspecified atom stereocenters. The number of rotatable bonds is 4. The van der Waals surface area contributed by atoms with Crippen LogP contribution < -0.4 is 10.2 Å². The summed E-state index contributed by atoms with van der Waals surface area (Å²) in [6.45, 7) is 0. The number of hydrogen-bond acceptors (Lipinski definition) is 4. The molecule has 3 aliphatic heterocycles. The van der Waals surface area contributed by atoms with Crippen LogP contribution in [0.25, 0.3) is 6.08 Å². The van der Waals surface area contributed by atoms with Crippen LogP contribution in [0.5, 0.6) is 0 Å². The van der Waals surface area contributed by atoms with Crippen LogP contribution in [-0.4, -0.2) is 29.6 Å². The highest BCUT2D eigenvalue weighted by atomic mass is 79.9. The number of nitrogens with zero attached hydrogens (tertiary/aromatic N) is 1. The molecule has 0 aromatic heterocycles. The molecule has 0 aliphatic carbocycles. The van der Waals surface area contributed by atoms with E-state index in [-0.39, 0.29) is 17.5 Å². The summed E-state index contributed by atoms with van der Waals surface area (Å²) in [6, 6.07) is 30.1. The molecule has 7 rings (SSSR count). The Labute approximate surface area is 234 Å². The number of halogens is 1. The van der Waals surface area contributed by atoms with Crippen LogP contribution in [0.4, 0.5) is 11.4 Å². The van der Waals surface area contributed by atoms with Gasteiger partial charge in [0.15, 0.2) is 11.6 Å². The minimum absolute atomic E-state index is 0.194. The molecule has 0 radical (unpaired) electrons. The summed E-state index contributed by atoms with van der Waals surface area (Å²) in [5.74, 6) is -1.65. The Morgan fingerprint density at radius 1 is 0.769 bits per heavy atom. The number of anilines is 2. The second kappa shape index (κ2) is 8.89. The standard InChI is InChI=1S/C33H23BrN2O3/c34-23-17-14-22(15-18-23)31(38)29-28(30(37)21-9-2-1-3-10-21)33(24-11-5-6-12-25(24)35-32(33)39)27-19-16-20-8-4-7-13-26(20)36(27)29/h1-19,27-29H,(H,35,39)/t27-,28-,29-,33+/m1/s1. The fourth-order valence-corrected chi connectivity index (χ4v) is 6.95. The average molecular weight is 575 g/mol. The minimum Gasteiger partial charge on any atom is -0.352 e. The van der Waals surface area contributed by atoms with E-state index >= 15 is 0 Å². The van der Waals surface area contributed by atoms with E-state index in [1.165, 1.54) is 0 Å². The summed E-state index contributed by atoms with van der Waals surface area (Å²) < 4.78 is 0.854. The van der Waals surface area contributed by atoms with E-state index in [2.05, 4.69) is 21.2 Å². The maximum atomic E-state index is 14.6. The molecule has 0 saturated carbocycles. The van der Waals surface area contributed by atoms with E-state index in [1.807, 2.05) is 95.9 Å². The van der Waals surface area contributed by atoms with Gasteiger partial charge in [-0.05, 0) is 35.4 Å². The summed E-state index contributed by atoms with van der Waals surface area (Å²) in [6.07, 6.45) is 3.99. The monoisotopic (exact) mass is 574 g/mol. The van der Waals surface area contributed by atoms with Gasteiger partial charge in [-0.2, -0.15) is 0 Å². The fraction of sp³-hybridized carbons (Fsp3) is 0.121. The predicted octanol–water partition coefficient (Wildman–Crippen LogP) is 6.31. The van der Waals surface area contributed by atoms with Gasteiger partial charge in [-0.1, -0.05) is 107 Å². The maximum absolute atomic E-state index is 14.6. The largest absolute Gasteiger partial charge is 0.352 e. The van der Waals surface area contributed by atoms with Gasteiger partial charge in [-0.3, -0.25) is 14.4 Å². The van der Waals surface area contributed by atoms with Crippen LogP contribution in [0.15, 0.2) is 114 Å². The molecule has 5 nitrogen and oxygen atoms in total. The molecular formula is C33H23BrN2O3. The smallest absolute Gasteiger partial charge is 0.238 e. The highest BCUT2D eigenvalue weighted by molar-refractivity contribution is 9.10. The lowest BCUT2D eigenvalue weighted by Gasteiger charge is -2.37. The third-order valence-electron chi connectivity index (χ3n) is 8.28. The van der Waals surface area contributed by atoms with E-state index in [0.29, 0.717) is 16.8 Å². The van der Waals surface area contributed by atoms with Crippen LogP contribution in [-0.2, 0) is 10.2 Å². The van der Waals surface area contributed by atoms with Gasteiger partial charge >= 0.3 is 0 Å². The van der Waals surface area contributed by atoms with Crippen molar-refractivity contribution in [3.63, 3.8) is 0 Å². The Kier molecular flexibility index (Phi) is 5.42. The minimum atomic E-state index is -1.30. The fourth-order valence-electron chi connectivity index (χ4n) is 6.69. The summed E-state index contributed by atoms with van der Waals surface area (Å²) in [4.78, 5) is 45.5. The molecule has 4 aromatic carbocycles. The van der Waals surface area contributed by atoms with Crippen molar-refractivity contribution in [3.8, 4) is 0 Å². The van der Waals surface area contributed by atoms with Gasteiger partial charge in [0.1, 0.15) is 11.5 Å². The van der Waals surface area contributed by atoms with E-state index in [9.17, 15) is 14.4 Å². The normalized spacial score (nSPS) is 24.2. The third-order valence-corrected chi connectivity index (χ3v) is 8.81. The first-order valence-corrected chi connectivity index (χ1v) is 13.7. The van der Waals surface area contributed by atoms with Gasteiger partial charge in [0.05, 0.1) is 12.0 Å². The average Bonchev–Trinajstić information content (AvgIpc) is 3.45. The summed E-state index contributed by atoms with van der Waals surface area (Å²) in [7, 11) is 0. The summed E-state index contributed by atoms with van der Waals surface area (Å²) in [5.41, 5.74) is 2.86. The number of amides is 1. The summed E-state index contributed by atoms with van der Waals surface area (Å²) in [5, 5.41) is 3.06. The second-order valence-corrected chi connectivity index (χ2v) is 11.1. The molecule has 1 saturated heterocycles. The molecule has 6 heteroatoms. The van der Waals surface area contributed by atoms with Gasteiger partial charge in [-0.25, -0.2) is 0 Å². The summed E-state index contributed by atoms with van der Waals surface area (Å²) >= 11 is 3.46. The molecule has 4 aromatic rings. The topological polar surface area (TPSA) is 66.5 Å². The number of carbonyl (C=O) groups excluding carboxylic acids is 3. The quantitative estimate of drug-likeness (QED) is 0.290. The SMILES string of the molecule is O=C(c1ccc(Br)cc1)[C@H]1[C@H](C(=O)c2ccccc2)[C@@]2(C(=O)Nc3ccccc32)[C@H]2C=Cc3ccccc3N12. The molecule has 1 fully saturated rings. The van der Waals surface area contributed by atoms with Crippen molar-refractivity contribution in [3.05, 3.63) is 136 Å². The maximum Gasteiger partial charge on any atom is 0.238 e. The first kappa shape index (κ1) is 23.8. The zero-order valence-electron chi connectivity index (χ0n) is 20.8. The number of carbonyl (C=O) groups is 3. The zero-order valence-corrected chi connectivity index (χ0v) is 22.3. The molecule has 3 heterocycles. The number of hydrogen-bond donors (Lipinski definition) is 1. The van der Waals surface area contributed by atoms with Gasteiger partial charge in [0, 0.05) is 27.0 Å². The second-order valence-electron chi connectivity index (χ2n) is 10.2. The number of Topliss-reactive ketones (excluding diaryl/α,β-unsaturated/α-hetero) is 2. The molecule has 1 spiro atoms. The molecule has 4 atom stereocenters. The highest BCUT2D eigenvalue weighted by Crippen LogP contribution is 2.58. The van der Waals surface area contributed by atoms with Crippen LogP contribution in [0.1, 0.15) is 31.8 Å². The van der Waals surface area contributed by atoms with Crippen molar-refractivity contribution in [2.45, 2.75) is 17.5 Å². The molecule has 1 amide bonds. The van der Waals surface area contributed by atoms with Gasteiger partial charge in [0.25, 0.3) is 0 Å². The molecule has 3 aliphatic rings. The molecular weight excluding hydrogens is 552 g/mol. The van der Waals surface area contributed by atoms with Crippen molar-refractivity contribution in [1.29, 1.82) is 0 Å². The Balaban J connectivity index is 1.54. The lowest BCUT2D eigenvalue weighted by molar-refractivity contribution is -0.121. The van der Waals surface area contributed by atoms with Crippen LogP contribution in [0.3, 0.4) is 0 Å². The number of nitrogens with one attached hydrogen (secondary N) is 1. The molecule has 1 N–H and O–H groups in total. The van der Waals surface area contributed by atoms with Crippen LogP contribution >= 0.6 is 15.9 Å². The molecule has 0 bridgehead atoms. The molecule has 190 valence electrons. The van der Waals surface area contributed by atoms with Crippen molar-refractivity contribution in [2.24, 2.45) is 5.92 Å². The van der Waals surface area contributed by atoms with Gasteiger partial charge < -0.3 is 10.2 Å². The number of ketones is 2. The molecule has 39 heavy (non-hydrogen) atoms. The van der Waals surface area contributed by atoms with Crippen molar-refractivity contribution >= 4 is 50.9 Å². The van der Waals surface area contributed by atoms with E-state index in [1.54, 1.807) is 24.3 Å². The highest BCUT2D eigenvalue weighted by Gasteiger charge is 2.70. The van der Waals surface area contributed by atoms with Crippen molar-refractivity contribution in [1.82, 2.24) is 0 Å². The lowest BCUT2D eigenvalue weighted by Crippen LogP contribution is -2.51. The first-order valence-electron chi connectivity index (χ1n) is 12.9. The first-order chi connectivity index (χ1) is 19.0. The Hall–Kier alpha value is -4.29. The van der Waals surface area contributed by atoms with E-state index in [0.717, 1.165) is 21.3 Å². The predicted molar refractivity (Wildman–Crippen MR) is 155 cm³/mol. The van der Waals surface area contributed by atoms with E-state index < -0.39 is 23.4 Å². The van der Waals surface area contributed by atoms with Crippen molar-refractivity contribution in [2.75, 3.05) is 10.2 Å². The Morgan fingerprint density at radius 3 is 2.23 bits per heavy atom. The Bertz CT molecular complexity index is 1680. The number of benzene rings is 4. The third kappa shape index (κ3) is 3.34. The zero-order chi connectivity index (χ0) is 26.7.